The molecule has 0 saturated carbocycles. The lowest BCUT2D eigenvalue weighted by Gasteiger charge is -2.03. The lowest BCUT2D eigenvalue weighted by Crippen LogP contribution is -2.00. The second kappa shape index (κ2) is 13.7. The van der Waals surface area contributed by atoms with E-state index >= 15 is 0 Å². The number of benzene rings is 4. The second-order valence-electron chi connectivity index (χ2n) is 7.81. The smallest absolute Gasteiger partial charge is 0.212 e. The first-order valence-electron chi connectivity index (χ1n) is 11.2. The van der Waals surface area contributed by atoms with Gasteiger partial charge in [0.15, 0.2) is 0 Å². The molecule has 0 aromatic heterocycles. The van der Waals surface area contributed by atoms with E-state index in [0.29, 0.717) is 6.42 Å². The van der Waals surface area contributed by atoms with Crippen LogP contribution < -0.4 is 0 Å². The van der Waals surface area contributed by atoms with Crippen molar-refractivity contribution in [1.29, 1.82) is 5.26 Å². The molecule has 35 heavy (non-hydrogen) atoms. The number of aryl methyl sites for hydroxylation is 2. The standard InChI is InChI=1S/C15H13NS.C14H13ClO2S/c16-12-17-11-10-13-6-8-15(9-7-13)14-4-2-1-3-5-14;15-18(16,17)11-10-12-6-8-14(9-7-12)13-4-2-1-3-5-13/h1-9H,10-11H2;1-9H,10-11H2. The number of nitriles is 1. The van der Waals surface area contributed by atoms with Gasteiger partial charge in [0.1, 0.15) is 5.40 Å². The summed E-state index contributed by atoms with van der Waals surface area (Å²) in [7, 11) is 1.77. The molecule has 0 radical (unpaired) electrons. The van der Waals surface area contributed by atoms with Crippen molar-refractivity contribution in [1.82, 2.24) is 0 Å². The van der Waals surface area contributed by atoms with Crippen LogP contribution in [0.2, 0.25) is 0 Å². The highest BCUT2D eigenvalue weighted by Gasteiger charge is 2.05. The summed E-state index contributed by atoms with van der Waals surface area (Å²) in [5, 5.41) is 10.5. The van der Waals surface area contributed by atoms with Gasteiger partial charge in [-0.25, -0.2) is 8.42 Å². The molecule has 4 aromatic rings. The Kier molecular flexibility index (Phi) is 10.4. The Morgan fingerprint density at radius 3 is 1.43 bits per heavy atom. The van der Waals surface area contributed by atoms with Crippen molar-refractivity contribution >= 4 is 31.5 Å². The molecular formula is C29H26ClNO2S2. The molecule has 178 valence electrons. The van der Waals surface area contributed by atoms with E-state index in [1.54, 1.807) is 0 Å². The number of hydrogen-bond donors (Lipinski definition) is 0. The molecule has 0 spiro atoms. The molecule has 4 aromatic carbocycles. The first kappa shape index (κ1) is 26.6. The zero-order chi connectivity index (χ0) is 24.9. The van der Waals surface area contributed by atoms with Crippen LogP contribution in [0.1, 0.15) is 11.1 Å². The number of thioether (sulfide) groups is 1. The van der Waals surface area contributed by atoms with E-state index in [9.17, 15) is 8.42 Å². The van der Waals surface area contributed by atoms with E-state index in [1.807, 2.05) is 72.8 Å². The van der Waals surface area contributed by atoms with Gasteiger partial charge in [-0.2, -0.15) is 5.26 Å². The lowest BCUT2D eigenvalue weighted by molar-refractivity contribution is 0.609. The van der Waals surface area contributed by atoms with Crippen molar-refractivity contribution < 1.29 is 8.42 Å². The van der Waals surface area contributed by atoms with Crippen LogP contribution in [0.15, 0.2) is 109 Å². The van der Waals surface area contributed by atoms with Crippen LogP contribution in [0.4, 0.5) is 0 Å². The summed E-state index contributed by atoms with van der Waals surface area (Å²) < 4.78 is 21.7. The molecule has 0 heterocycles. The van der Waals surface area contributed by atoms with Gasteiger partial charge in [0.2, 0.25) is 9.05 Å². The zero-order valence-corrected chi connectivity index (χ0v) is 21.6. The average Bonchev–Trinajstić information content (AvgIpc) is 2.89. The van der Waals surface area contributed by atoms with Crippen molar-refractivity contribution in [2.45, 2.75) is 12.8 Å². The average molecular weight is 520 g/mol. The van der Waals surface area contributed by atoms with Crippen LogP contribution in [0.25, 0.3) is 22.3 Å². The van der Waals surface area contributed by atoms with Gasteiger partial charge in [0, 0.05) is 16.4 Å². The van der Waals surface area contributed by atoms with Crippen molar-refractivity contribution in [3.8, 4) is 27.7 Å². The molecule has 0 bridgehead atoms. The Balaban J connectivity index is 0.000000196. The number of rotatable bonds is 8. The molecule has 3 nitrogen and oxygen atoms in total. The van der Waals surface area contributed by atoms with Crippen molar-refractivity contribution in [2.24, 2.45) is 0 Å². The number of thiocyanates is 1. The van der Waals surface area contributed by atoms with Crippen LogP contribution >= 0.6 is 22.4 Å². The quantitative estimate of drug-likeness (QED) is 0.137. The summed E-state index contributed by atoms with van der Waals surface area (Å²) in [6.07, 6.45) is 1.40. The molecule has 0 aliphatic rings. The summed E-state index contributed by atoms with van der Waals surface area (Å²) in [6.45, 7) is 0. The third-order valence-corrected chi connectivity index (χ3v) is 7.01. The third kappa shape index (κ3) is 9.62. The molecule has 0 aliphatic heterocycles. The van der Waals surface area contributed by atoms with Gasteiger partial charge in [0.25, 0.3) is 0 Å². The normalized spacial score (nSPS) is 10.6. The zero-order valence-electron chi connectivity index (χ0n) is 19.2. The van der Waals surface area contributed by atoms with E-state index < -0.39 is 9.05 Å². The maximum absolute atomic E-state index is 10.9. The SMILES string of the molecule is N#CSCCc1ccc(-c2ccccc2)cc1.O=S(=O)(Cl)CCc1ccc(-c2ccccc2)cc1. The molecule has 0 saturated heterocycles. The largest absolute Gasteiger partial charge is 0.232 e. The maximum Gasteiger partial charge on any atom is 0.232 e. The summed E-state index contributed by atoms with van der Waals surface area (Å²) >= 11 is 1.31. The summed E-state index contributed by atoms with van der Waals surface area (Å²) in [4.78, 5) is 0. The van der Waals surface area contributed by atoms with E-state index in [-0.39, 0.29) is 5.75 Å². The monoisotopic (exact) mass is 519 g/mol. The molecule has 6 heteroatoms. The van der Waals surface area contributed by atoms with Crippen LogP contribution in [-0.4, -0.2) is 19.9 Å². The van der Waals surface area contributed by atoms with E-state index in [0.717, 1.165) is 28.9 Å². The fourth-order valence-corrected chi connectivity index (χ4v) is 4.58. The Morgan fingerprint density at radius 1 is 0.629 bits per heavy atom. The highest BCUT2D eigenvalue weighted by atomic mass is 35.7. The fourth-order valence-electron chi connectivity index (χ4n) is 3.44. The van der Waals surface area contributed by atoms with Gasteiger partial charge in [0.05, 0.1) is 5.75 Å². The summed E-state index contributed by atoms with van der Waals surface area (Å²) in [5.41, 5.74) is 7.00. The molecule has 0 amide bonds. The Hall–Kier alpha value is -3.04. The molecule has 4 rings (SSSR count). The topological polar surface area (TPSA) is 57.9 Å². The minimum atomic E-state index is -3.41. The van der Waals surface area contributed by atoms with E-state index in [1.165, 1.54) is 28.5 Å². The predicted octanol–water partition coefficient (Wildman–Crippen LogP) is 7.58. The van der Waals surface area contributed by atoms with Crippen molar-refractivity contribution in [3.63, 3.8) is 0 Å². The van der Waals surface area contributed by atoms with E-state index in [4.69, 9.17) is 15.9 Å². The van der Waals surface area contributed by atoms with Crippen molar-refractivity contribution in [2.75, 3.05) is 11.5 Å². The van der Waals surface area contributed by atoms with Gasteiger partial charge >= 0.3 is 0 Å². The maximum atomic E-state index is 10.9. The number of hydrogen-bond acceptors (Lipinski definition) is 4. The number of halogens is 1. The molecule has 0 unspecified atom stereocenters. The lowest BCUT2D eigenvalue weighted by atomic mass is 10.0. The third-order valence-electron chi connectivity index (χ3n) is 5.31. The van der Waals surface area contributed by atoms with Crippen LogP contribution in [0.3, 0.4) is 0 Å². The Bertz CT molecular complexity index is 1320. The van der Waals surface area contributed by atoms with Gasteiger partial charge in [-0.05, 0) is 58.0 Å². The minimum absolute atomic E-state index is 0.0285. The fraction of sp³-hybridized carbons (Fsp3) is 0.138. The Labute approximate surface area is 216 Å². The predicted molar refractivity (Wildman–Crippen MR) is 149 cm³/mol. The van der Waals surface area contributed by atoms with E-state index in [2.05, 4.69) is 41.8 Å². The van der Waals surface area contributed by atoms with Gasteiger partial charge in [-0.15, -0.1) is 0 Å². The second-order valence-corrected chi connectivity index (χ2v) is 11.6. The highest BCUT2D eigenvalue weighted by Crippen LogP contribution is 2.20. The minimum Gasteiger partial charge on any atom is -0.212 e. The van der Waals surface area contributed by atoms with Gasteiger partial charge < -0.3 is 0 Å². The molecule has 0 aliphatic carbocycles. The van der Waals surface area contributed by atoms with Crippen LogP contribution in [-0.2, 0) is 21.9 Å². The van der Waals surface area contributed by atoms with Crippen LogP contribution in [0.5, 0.6) is 0 Å². The molecule has 0 fully saturated rings. The molecular weight excluding hydrogens is 494 g/mol. The molecule has 0 N–H and O–H groups in total. The summed E-state index contributed by atoms with van der Waals surface area (Å²) in [6, 6.07) is 36.8. The van der Waals surface area contributed by atoms with Gasteiger partial charge in [-0.1, -0.05) is 109 Å². The number of nitrogens with zero attached hydrogens (tertiary/aromatic N) is 1. The van der Waals surface area contributed by atoms with Crippen molar-refractivity contribution in [3.05, 3.63) is 120 Å². The first-order chi connectivity index (χ1) is 16.9. The Morgan fingerprint density at radius 2 is 1.03 bits per heavy atom. The van der Waals surface area contributed by atoms with Crippen LogP contribution in [0, 0.1) is 10.7 Å². The highest BCUT2D eigenvalue weighted by molar-refractivity contribution is 8.13. The first-order valence-corrected chi connectivity index (χ1v) is 14.6. The molecule has 0 atom stereocenters. The summed E-state index contributed by atoms with van der Waals surface area (Å²) in [5.74, 6) is 0.834. The van der Waals surface area contributed by atoms with Gasteiger partial charge in [-0.3, -0.25) is 0 Å².